The first-order chi connectivity index (χ1) is 8.15. The van der Waals surface area contributed by atoms with Gasteiger partial charge in [-0.1, -0.05) is 11.6 Å². The first-order valence-corrected chi connectivity index (χ1v) is 6.22. The maximum atomic E-state index is 13.0. The summed E-state index contributed by atoms with van der Waals surface area (Å²) in [4.78, 5) is 11.8. The Morgan fingerprint density at radius 2 is 2.35 bits per heavy atom. The van der Waals surface area contributed by atoms with Crippen LogP contribution in [0.2, 0.25) is 5.02 Å². The minimum absolute atomic E-state index is 0.108. The van der Waals surface area contributed by atoms with Crippen molar-refractivity contribution in [3.8, 4) is 0 Å². The van der Waals surface area contributed by atoms with E-state index in [-0.39, 0.29) is 24.1 Å². The summed E-state index contributed by atoms with van der Waals surface area (Å²) in [5, 5.41) is 3.73. The minimum Gasteiger partial charge on any atom is -0.314 e. The Morgan fingerprint density at radius 1 is 1.53 bits per heavy atom. The highest BCUT2D eigenvalue weighted by atomic mass is 35.5. The molecule has 4 heteroatoms. The Bertz CT molecular complexity index is 416. The molecule has 0 spiro atoms. The third-order valence-corrected chi connectivity index (χ3v) is 3.40. The van der Waals surface area contributed by atoms with Crippen LogP contribution in [0.1, 0.15) is 24.8 Å². The monoisotopic (exact) mass is 255 g/mol. The van der Waals surface area contributed by atoms with Gasteiger partial charge >= 0.3 is 0 Å². The van der Waals surface area contributed by atoms with Crippen LogP contribution in [-0.4, -0.2) is 18.4 Å². The van der Waals surface area contributed by atoms with E-state index in [0.29, 0.717) is 17.0 Å². The maximum absolute atomic E-state index is 13.0. The Morgan fingerprint density at radius 3 is 3.06 bits per heavy atom. The van der Waals surface area contributed by atoms with Crippen LogP contribution < -0.4 is 5.32 Å². The molecule has 1 saturated heterocycles. The van der Waals surface area contributed by atoms with Crippen LogP contribution in [0.15, 0.2) is 18.2 Å². The molecule has 1 unspecified atom stereocenters. The Hall–Kier alpha value is -0.930. The van der Waals surface area contributed by atoms with Gasteiger partial charge in [-0.3, -0.25) is 4.79 Å². The number of carbonyl (C=O) groups is 1. The molecular formula is C13H15ClFNO. The van der Waals surface area contributed by atoms with Gasteiger partial charge in [-0.15, -0.1) is 0 Å². The lowest BCUT2D eigenvalue weighted by Gasteiger charge is -2.09. The number of carbonyl (C=O) groups excluding carboxylic acids is 1. The molecule has 0 amide bonds. The number of hydrogen-bond acceptors (Lipinski definition) is 2. The molecule has 0 radical (unpaired) electrons. The number of halogens is 2. The summed E-state index contributed by atoms with van der Waals surface area (Å²) in [5.41, 5.74) is 0.578. The van der Waals surface area contributed by atoms with Crippen molar-refractivity contribution in [1.82, 2.24) is 5.32 Å². The lowest BCUT2D eigenvalue weighted by Crippen LogP contribution is -2.25. The van der Waals surface area contributed by atoms with Gasteiger partial charge in [-0.05, 0) is 43.1 Å². The van der Waals surface area contributed by atoms with Crippen molar-refractivity contribution in [3.63, 3.8) is 0 Å². The highest BCUT2D eigenvalue weighted by Gasteiger charge is 2.18. The zero-order valence-electron chi connectivity index (χ0n) is 9.51. The predicted octanol–water partition coefficient (Wildman–Crippen LogP) is 2.73. The van der Waals surface area contributed by atoms with Gasteiger partial charge in [0.15, 0.2) is 0 Å². The van der Waals surface area contributed by atoms with Crippen molar-refractivity contribution in [2.24, 2.45) is 0 Å². The van der Waals surface area contributed by atoms with Crippen LogP contribution in [0.3, 0.4) is 0 Å². The fourth-order valence-electron chi connectivity index (χ4n) is 2.17. The van der Waals surface area contributed by atoms with Gasteiger partial charge in [-0.25, -0.2) is 4.39 Å². The number of ketones is 1. The number of benzene rings is 1. The lowest BCUT2D eigenvalue weighted by atomic mass is 10.0. The van der Waals surface area contributed by atoms with E-state index in [2.05, 4.69) is 5.32 Å². The van der Waals surface area contributed by atoms with Crippen molar-refractivity contribution in [2.45, 2.75) is 31.7 Å². The van der Waals surface area contributed by atoms with Gasteiger partial charge < -0.3 is 5.32 Å². The topological polar surface area (TPSA) is 29.1 Å². The van der Waals surface area contributed by atoms with Crippen LogP contribution in [0, 0.1) is 5.82 Å². The molecule has 0 aromatic heterocycles. The standard InChI is InChI=1S/C13H15ClFNO/c14-13-4-3-10(15)6-9(13)7-12(17)8-11-2-1-5-16-11/h3-4,6,11,16H,1-2,5,7-8H2. The molecule has 1 fully saturated rings. The van der Waals surface area contributed by atoms with Gasteiger partial charge in [0, 0.05) is 23.9 Å². The van der Waals surface area contributed by atoms with E-state index in [1.807, 2.05) is 0 Å². The summed E-state index contributed by atoms with van der Waals surface area (Å²) in [5.74, 6) is -0.243. The zero-order chi connectivity index (χ0) is 12.3. The van der Waals surface area contributed by atoms with Gasteiger partial charge in [0.25, 0.3) is 0 Å². The summed E-state index contributed by atoms with van der Waals surface area (Å²) >= 11 is 5.92. The molecule has 1 N–H and O–H groups in total. The fourth-order valence-corrected chi connectivity index (χ4v) is 2.35. The Kier molecular flexibility index (Phi) is 4.13. The van der Waals surface area contributed by atoms with E-state index in [1.54, 1.807) is 0 Å². The number of rotatable bonds is 4. The fraction of sp³-hybridized carbons (Fsp3) is 0.462. The molecule has 1 atom stereocenters. The van der Waals surface area contributed by atoms with Crippen molar-refractivity contribution < 1.29 is 9.18 Å². The molecule has 0 aliphatic carbocycles. The molecule has 1 aliphatic heterocycles. The highest BCUT2D eigenvalue weighted by Crippen LogP contribution is 2.19. The smallest absolute Gasteiger partial charge is 0.138 e. The number of Topliss-reactive ketones (excluding diaryl/α,β-unsaturated/α-hetero) is 1. The molecule has 92 valence electrons. The molecule has 17 heavy (non-hydrogen) atoms. The zero-order valence-corrected chi connectivity index (χ0v) is 10.3. The second-order valence-electron chi connectivity index (χ2n) is 4.45. The highest BCUT2D eigenvalue weighted by molar-refractivity contribution is 6.31. The lowest BCUT2D eigenvalue weighted by molar-refractivity contribution is -0.118. The predicted molar refractivity (Wildman–Crippen MR) is 65.8 cm³/mol. The minimum atomic E-state index is -0.351. The molecule has 1 aliphatic rings. The van der Waals surface area contributed by atoms with E-state index in [1.165, 1.54) is 18.2 Å². The van der Waals surface area contributed by atoms with Crippen LogP contribution >= 0.6 is 11.6 Å². The summed E-state index contributed by atoms with van der Waals surface area (Å²) in [6.07, 6.45) is 2.89. The average molecular weight is 256 g/mol. The molecule has 0 saturated carbocycles. The Labute approximate surface area is 105 Å². The second-order valence-corrected chi connectivity index (χ2v) is 4.86. The number of hydrogen-bond donors (Lipinski definition) is 1. The third kappa shape index (κ3) is 3.51. The van der Waals surface area contributed by atoms with Gasteiger partial charge in [0.2, 0.25) is 0 Å². The molecule has 1 aromatic rings. The first kappa shape index (κ1) is 12.5. The molecule has 2 rings (SSSR count). The summed E-state index contributed by atoms with van der Waals surface area (Å²) in [7, 11) is 0. The quantitative estimate of drug-likeness (QED) is 0.896. The van der Waals surface area contributed by atoms with Crippen LogP contribution in [0.25, 0.3) is 0 Å². The summed E-state index contributed by atoms with van der Waals surface area (Å²) in [6, 6.07) is 4.42. The van der Waals surface area contributed by atoms with Gasteiger partial charge in [0.05, 0.1) is 0 Å². The van der Waals surface area contributed by atoms with Crippen LogP contribution in [0.5, 0.6) is 0 Å². The maximum Gasteiger partial charge on any atom is 0.138 e. The molecule has 0 bridgehead atoms. The van der Waals surface area contributed by atoms with Crippen molar-refractivity contribution >= 4 is 17.4 Å². The van der Waals surface area contributed by atoms with Gasteiger partial charge in [-0.2, -0.15) is 0 Å². The first-order valence-electron chi connectivity index (χ1n) is 5.84. The summed E-state index contributed by atoms with van der Waals surface area (Å²) in [6.45, 7) is 0.985. The van der Waals surface area contributed by atoms with E-state index in [0.717, 1.165) is 19.4 Å². The van der Waals surface area contributed by atoms with Crippen molar-refractivity contribution in [2.75, 3.05) is 6.54 Å². The third-order valence-electron chi connectivity index (χ3n) is 3.03. The van der Waals surface area contributed by atoms with Crippen molar-refractivity contribution in [1.29, 1.82) is 0 Å². The normalized spacial score (nSPS) is 19.5. The van der Waals surface area contributed by atoms with Crippen molar-refractivity contribution in [3.05, 3.63) is 34.6 Å². The molecule has 2 nitrogen and oxygen atoms in total. The van der Waals surface area contributed by atoms with Gasteiger partial charge in [0.1, 0.15) is 11.6 Å². The SMILES string of the molecule is O=C(Cc1cc(F)ccc1Cl)CC1CCCN1. The number of nitrogens with one attached hydrogen (secondary N) is 1. The van der Waals surface area contributed by atoms with E-state index >= 15 is 0 Å². The van der Waals surface area contributed by atoms with Crippen LogP contribution in [-0.2, 0) is 11.2 Å². The van der Waals surface area contributed by atoms with E-state index in [4.69, 9.17) is 11.6 Å². The molecule has 1 aromatic carbocycles. The second kappa shape index (κ2) is 5.61. The van der Waals surface area contributed by atoms with E-state index < -0.39 is 0 Å². The molecule has 1 heterocycles. The average Bonchev–Trinajstić information content (AvgIpc) is 2.76. The van der Waals surface area contributed by atoms with Crippen LogP contribution in [0.4, 0.5) is 4.39 Å². The Balaban J connectivity index is 1.95. The molecular weight excluding hydrogens is 241 g/mol. The summed E-state index contributed by atoms with van der Waals surface area (Å²) < 4.78 is 13.0. The largest absolute Gasteiger partial charge is 0.314 e. The van der Waals surface area contributed by atoms with E-state index in [9.17, 15) is 9.18 Å².